The highest BCUT2D eigenvalue weighted by Crippen LogP contribution is 2.25. The van der Waals surface area contributed by atoms with Gasteiger partial charge in [-0.3, -0.25) is 10.1 Å². The molecule has 0 bridgehead atoms. The highest BCUT2D eigenvalue weighted by molar-refractivity contribution is 7.89. The number of hydrogen-bond donors (Lipinski definition) is 0. The maximum absolute atomic E-state index is 12.8. The molecule has 3 aromatic rings. The van der Waals surface area contributed by atoms with Crippen LogP contribution < -0.4 is 4.90 Å². The fraction of sp³-hybridized carbons (Fsp3) is 0.222. The van der Waals surface area contributed by atoms with Crippen molar-refractivity contribution < 1.29 is 13.3 Å². The molecule has 0 amide bonds. The smallest absolute Gasteiger partial charge is 0.269 e. The van der Waals surface area contributed by atoms with E-state index in [9.17, 15) is 18.5 Å². The molecule has 1 fully saturated rings. The van der Waals surface area contributed by atoms with Gasteiger partial charge in [-0.2, -0.15) is 4.31 Å². The van der Waals surface area contributed by atoms with Crippen LogP contribution in [0.2, 0.25) is 0 Å². The van der Waals surface area contributed by atoms with E-state index in [-0.39, 0.29) is 10.6 Å². The first-order chi connectivity index (χ1) is 13.9. The summed E-state index contributed by atoms with van der Waals surface area (Å²) in [5, 5.41) is 21.3. The summed E-state index contributed by atoms with van der Waals surface area (Å²) in [4.78, 5) is 13.3. The van der Waals surface area contributed by atoms with Crippen molar-refractivity contribution in [2.75, 3.05) is 31.1 Å². The van der Waals surface area contributed by atoms with Crippen LogP contribution >= 0.6 is 11.3 Å². The maximum atomic E-state index is 12.8. The van der Waals surface area contributed by atoms with E-state index in [0.29, 0.717) is 32.0 Å². The largest absolute Gasteiger partial charge is 0.352 e. The van der Waals surface area contributed by atoms with E-state index in [1.165, 1.54) is 28.6 Å². The molecule has 0 saturated carbocycles. The second-order valence-corrected chi connectivity index (χ2v) is 9.28. The lowest BCUT2D eigenvalue weighted by atomic mass is 10.3. The molecule has 4 rings (SSSR count). The maximum Gasteiger partial charge on any atom is 0.269 e. The van der Waals surface area contributed by atoms with Crippen LogP contribution in [0.1, 0.15) is 0 Å². The number of rotatable bonds is 5. The second kappa shape index (κ2) is 7.85. The van der Waals surface area contributed by atoms with E-state index >= 15 is 0 Å². The van der Waals surface area contributed by atoms with Crippen molar-refractivity contribution in [3.63, 3.8) is 0 Å². The Morgan fingerprint density at radius 2 is 1.69 bits per heavy atom. The van der Waals surface area contributed by atoms with Crippen molar-refractivity contribution in [1.82, 2.24) is 14.5 Å². The highest BCUT2D eigenvalue weighted by Gasteiger charge is 2.29. The molecule has 3 heterocycles. The van der Waals surface area contributed by atoms with Crippen LogP contribution in [0.15, 0.2) is 58.8 Å². The average molecular weight is 431 g/mol. The lowest BCUT2D eigenvalue weighted by Crippen LogP contribution is -2.48. The van der Waals surface area contributed by atoms with Crippen LogP contribution in [0, 0.1) is 10.1 Å². The number of thiophene rings is 1. The van der Waals surface area contributed by atoms with Crippen LogP contribution in [0.3, 0.4) is 0 Å². The summed E-state index contributed by atoms with van der Waals surface area (Å²) in [6, 6.07) is 12.7. The van der Waals surface area contributed by atoms with Gasteiger partial charge >= 0.3 is 0 Å². The number of piperazine rings is 1. The second-order valence-electron chi connectivity index (χ2n) is 6.40. The molecule has 1 aliphatic heterocycles. The van der Waals surface area contributed by atoms with Gasteiger partial charge in [-0.15, -0.1) is 21.5 Å². The topological polar surface area (TPSA) is 110 Å². The van der Waals surface area contributed by atoms with Gasteiger partial charge in [0, 0.05) is 38.3 Å². The zero-order valence-corrected chi connectivity index (χ0v) is 16.8. The molecule has 0 aliphatic carbocycles. The molecule has 0 unspecified atom stereocenters. The fourth-order valence-electron chi connectivity index (χ4n) is 3.10. The zero-order valence-electron chi connectivity index (χ0n) is 15.2. The summed E-state index contributed by atoms with van der Waals surface area (Å²) in [6.07, 6.45) is 0. The van der Waals surface area contributed by atoms with Gasteiger partial charge in [0.25, 0.3) is 5.69 Å². The van der Waals surface area contributed by atoms with Gasteiger partial charge in [0.1, 0.15) is 5.69 Å². The summed E-state index contributed by atoms with van der Waals surface area (Å²) >= 11 is 1.59. The molecule has 1 saturated heterocycles. The van der Waals surface area contributed by atoms with Crippen LogP contribution in [0.25, 0.3) is 10.6 Å². The number of nitro groups is 1. The first-order valence-corrected chi connectivity index (χ1v) is 11.1. The first kappa shape index (κ1) is 19.4. The number of sulfonamides is 1. The normalized spacial score (nSPS) is 15.4. The third kappa shape index (κ3) is 3.97. The van der Waals surface area contributed by atoms with E-state index in [1.807, 2.05) is 34.5 Å². The predicted octanol–water partition coefficient (Wildman–Crippen LogP) is 2.62. The van der Waals surface area contributed by atoms with Crippen molar-refractivity contribution in [1.29, 1.82) is 0 Å². The Hall–Kier alpha value is -2.89. The zero-order chi connectivity index (χ0) is 20.4. The number of nitro benzene ring substituents is 1. The van der Waals surface area contributed by atoms with Gasteiger partial charge in [0.2, 0.25) is 10.0 Å². The molecule has 2 aromatic heterocycles. The van der Waals surface area contributed by atoms with Crippen molar-refractivity contribution in [2.45, 2.75) is 4.90 Å². The minimum atomic E-state index is -3.70. The Labute approximate surface area is 171 Å². The van der Waals surface area contributed by atoms with Gasteiger partial charge < -0.3 is 4.90 Å². The minimum absolute atomic E-state index is 0.0524. The fourth-order valence-corrected chi connectivity index (χ4v) is 5.21. The summed E-state index contributed by atoms with van der Waals surface area (Å²) in [5.74, 6) is 0.706. The molecular formula is C18H17N5O4S2. The lowest BCUT2D eigenvalue weighted by Gasteiger charge is -2.34. The number of nitrogens with zero attached hydrogens (tertiary/aromatic N) is 5. The van der Waals surface area contributed by atoms with E-state index in [4.69, 9.17) is 0 Å². The summed E-state index contributed by atoms with van der Waals surface area (Å²) in [5.41, 5.74) is 0.668. The minimum Gasteiger partial charge on any atom is -0.352 e. The number of non-ortho nitro benzene ring substituents is 1. The Bertz CT molecular complexity index is 1090. The van der Waals surface area contributed by atoms with Crippen LogP contribution in [0.4, 0.5) is 11.5 Å². The molecule has 0 radical (unpaired) electrons. The monoisotopic (exact) mass is 431 g/mol. The summed E-state index contributed by atoms with van der Waals surface area (Å²) < 4.78 is 27.0. The van der Waals surface area contributed by atoms with Crippen molar-refractivity contribution in [3.05, 3.63) is 64.0 Å². The number of benzene rings is 1. The molecule has 0 atom stereocenters. The van der Waals surface area contributed by atoms with Gasteiger partial charge in [-0.1, -0.05) is 6.07 Å². The third-order valence-corrected chi connectivity index (χ3v) is 7.48. The number of aromatic nitrogens is 2. The number of anilines is 1. The van der Waals surface area contributed by atoms with E-state index in [0.717, 1.165) is 10.6 Å². The van der Waals surface area contributed by atoms with Crippen LogP contribution in [-0.2, 0) is 10.0 Å². The van der Waals surface area contributed by atoms with E-state index < -0.39 is 14.9 Å². The molecule has 0 spiro atoms. The molecule has 150 valence electrons. The molecule has 0 N–H and O–H groups in total. The average Bonchev–Trinajstić information content (AvgIpc) is 3.29. The molecule has 29 heavy (non-hydrogen) atoms. The molecule has 1 aromatic carbocycles. The van der Waals surface area contributed by atoms with Crippen molar-refractivity contribution >= 4 is 32.9 Å². The Morgan fingerprint density at radius 1 is 0.966 bits per heavy atom. The Kier molecular flexibility index (Phi) is 5.26. The standard InChI is InChI=1S/C18H17N5O4S2/c24-23(25)14-3-5-15(6-4-14)29(26,27)22-11-9-21(10-12-22)18-8-7-16(19-20-18)17-2-1-13-28-17/h1-8,13H,9-12H2. The van der Waals surface area contributed by atoms with Gasteiger partial charge in [-0.25, -0.2) is 8.42 Å². The third-order valence-electron chi connectivity index (χ3n) is 4.67. The van der Waals surface area contributed by atoms with E-state index in [1.54, 1.807) is 11.3 Å². The van der Waals surface area contributed by atoms with Gasteiger partial charge in [0.15, 0.2) is 5.82 Å². The van der Waals surface area contributed by atoms with E-state index in [2.05, 4.69) is 10.2 Å². The summed E-state index contributed by atoms with van der Waals surface area (Å²) in [7, 11) is -3.70. The van der Waals surface area contributed by atoms with Crippen LogP contribution in [0.5, 0.6) is 0 Å². The van der Waals surface area contributed by atoms with Gasteiger partial charge in [0.05, 0.1) is 14.7 Å². The molecule has 9 nitrogen and oxygen atoms in total. The molecule has 1 aliphatic rings. The SMILES string of the molecule is O=[N+]([O-])c1ccc(S(=O)(=O)N2CCN(c3ccc(-c4cccs4)nn3)CC2)cc1. The van der Waals surface area contributed by atoms with Crippen molar-refractivity contribution in [2.24, 2.45) is 0 Å². The Morgan fingerprint density at radius 3 is 2.24 bits per heavy atom. The number of hydrogen-bond acceptors (Lipinski definition) is 8. The quantitative estimate of drug-likeness (QED) is 0.451. The summed E-state index contributed by atoms with van der Waals surface area (Å²) in [6.45, 7) is 1.57. The highest BCUT2D eigenvalue weighted by atomic mass is 32.2. The van der Waals surface area contributed by atoms with Crippen LogP contribution in [-0.4, -0.2) is 54.0 Å². The predicted molar refractivity (Wildman–Crippen MR) is 109 cm³/mol. The van der Waals surface area contributed by atoms with Gasteiger partial charge in [-0.05, 0) is 35.7 Å². The van der Waals surface area contributed by atoms with Crippen molar-refractivity contribution in [3.8, 4) is 10.6 Å². The Balaban J connectivity index is 1.42. The lowest BCUT2D eigenvalue weighted by molar-refractivity contribution is -0.384. The first-order valence-electron chi connectivity index (χ1n) is 8.82. The molecular weight excluding hydrogens is 414 g/mol. The molecule has 11 heteroatoms.